The molecule has 0 unspecified atom stereocenters. The van der Waals surface area contributed by atoms with E-state index < -0.39 is 0 Å². The molecular weight excluding hydrogens is 683 g/mol. The molecule has 53 heavy (non-hydrogen) atoms. The first-order chi connectivity index (χ1) is 26.3. The minimum absolute atomic E-state index is 0.688. The van der Waals surface area contributed by atoms with Crippen molar-refractivity contribution in [3.05, 3.63) is 164 Å². The lowest BCUT2D eigenvalue weighted by Gasteiger charge is -2.12. The Morgan fingerprint density at radius 1 is 0.415 bits per heavy atom. The second-order valence-corrected chi connectivity index (χ2v) is 15.8. The fourth-order valence-corrected chi connectivity index (χ4v) is 10.8. The molecule has 0 atom stereocenters. The summed E-state index contributed by atoms with van der Waals surface area (Å²) in [6, 6.07) is 59.2. The first kappa shape index (κ1) is 29.2. The van der Waals surface area contributed by atoms with E-state index in [0.29, 0.717) is 5.95 Å². The highest BCUT2D eigenvalue weighted by Crippen LogP contribution is 2.48. The maximum atomic E-state index is 5.57. The van der Waals surface area contributed by atoms with E-state index in [1.165, 1.54) is 68.3 Å². The molecular formula is C48H27N3S2. The molecule has 0 radical (unpaired) electrons. The van der Waals surface area contributed by atoms with Gasteiger partial charge >= 0.3 is 0 Å². The summed E-state index contributed by atoms with van der Waals surface area (Å²) >= 11 is 3.65. The van der Waals surface area contributed by atoms with E-state index in [9.17, 15) is 0 Å². The van der Waals surface area contributed by atoms with Gasteiger partial charge in [-0.15, -0.1) is 22.7 Å². The molecule has 0 aliphatic carbocycles. The molecule has 0 saturated heterocycles. The molecule has 0 saturated carbocycles. The van der Waals surface area contributed by atoms with Gasteiger partial charge in [-0.25, -0.2) is 9.97 Å². The number of rotatable bonds is 3. The van der Waals surface area contributed by atoms with Crippen LogP contribution < -0.4 is 0 Å². The third kappa shape index (κ3) is 4.20. The average molecular weight is 710 g/mol. The highest BCUT2D eigenvalue weighted by Gasteiger charge is 2.24. The molecule has 8 aromatic carbocycles. The van der Waals surface area contributed by atoms with Crippen molar-refractivity contribution in [1.82, 2.24) is 14.5 Å². The van der Waals surface area contributed by atoms with E-state index in [-0.39, 0.29) is 0 Å². The molecule has 4 aromatic heterocycles. The van der Waals surface area contributed by atoms with Crippen molar-refractivity contribution in [2.45, 2.75) is 0 Å². The van der Waals surface area contributed by atoms with E-state index in [1.807, 2.05) is 11.3 Å². The fourth-order valence-electron chi connectivity index (χ4n) is 8.39. The summed E-state index contributed by atoms with van der Waals surface area (Å²) < 4.78 is 7.24. The van der Waals surface area contributed by atoms with Gasteiger partial charge in [0, 0.05) is 52.0 Å². The van der Waals surface area contributed by atoms with Crippen LogP contribution in [0.3, 0.4) is 0 Å². The molecule has 12 aromatic rings. The number of hydrogen-bond acceptors (Lipinski definition) is 4. The summed E-state index contributed by atoms with van der Waals surface area (Å²) in [5.41, 5.74) is 7.67. The van der Waals surface area contributed by atoms with E-state index in [4.69, 9.17) is 9.97 Å². The number of aromatic nitrogens is 3. The predicted molar refractivity (Wildman–Crippen MR) is 228 cm³/mol. The molecule has 246 valence electrons. The molecule has 0 aliphatic heterocycles. The van der Waals surface area contributed by atoms with E-state index >= 15 is 0 Å². The van der Waals surface area contributed by atoms with Gasteiger partial charge in [0.1, 0.15) is 0 Å². The second kappa shape index (κ2) is 11.1. The smallest absolute Gasteiger partial charge is 0.235 e. The number of para-hydroxylation sites is 1. The highest BCUT2D eigenvalue weighted by molar-refractivity contribution is 7.27. The number of nitrogens with zero attached hydrogens (tertiary/aromatic N) is 3. The van der Waals surface area contributed by atoms with Crippen LogP contribution in [0.4, 0.5) is 0 Å². The minimum atomic E-state index is 0.688. The third-order valence-electron chi connectivity index (χ3n) is 10.8. The van der Waals surface area contributed by atoms with Crippen molar-refractivity contribution in [3.63, 3.8) is 0 Å². The number of hydrogen-bond donors (Lipinski definition) is 0. The number of fused-ring (bicyclic) bond motifs is 14. The second-order valence-electron chi connectivity index (χ2n) is 13.7. The van der Waals surface area contributed by atoms with Gasteiger partial charge in [0.15, 0.2) is 0 Å². The topological polar surface area (TPSA) is 30.7 Å². The van der Waals surface area contributed by atoms with Crippen molar-refractivity contribution < 1.29 is 0 Å². The van der Waals surface area contributed by atoms with Crippen LogP contribution in [0.1, 0.15) is 0 Å². The monoisotopic (exact) mass is 709 g/mol. The lowest BCUT2D eigenvalue weighted by atomic mass is 9.99. The van der Waals surface area contributed by atoms with Crippen LogP contribution >= 0.6 is 22.7 Å². The highest BCUT2D eigenvalue weighted by atomic mass is 32.1. The van der Waals surface area contributed by atoms with Gasteiger partial charge in [-0.3, -0.25) is 4.57 Å². The van der Waals surface area contributed by atoms with Crippen LogP contribution in [0.25, 0.3) is 112 Å². The van der Waals surface area contributed by atoms with Gasteiger partial charge in [-0.05, 0) is 51.6 Å². The molecule has 0 fully saturated rings. The van der Waals surface area contributed by atoms with E-state index in [1.54, 1.807) is 11.3 Å². The summed E-state index contributed by atoms with van der Waals surface area (Å²) in [7, 11) is 0. The molecule has 3 nitrogen and oxygen atoms in total. The van der Waals surface area contributed by atoms with Crippen molar-refractivity contribution in [3.8, 4) is 28.3 Å². The standard InChI is InChI=1S/C48H27N3S2/c1-2-12-31-27-32(26-23-28(31)11-1)29-21-24-30(25-22-29)43-47-44(37-17-7-10-20-40(37)53-47)50-48(49-43)51-38-18-8-5-15-35(38)41-33-13-3-4-14-34(33)46-42(45(41)51)36-16-6-9-19-39(36)52-46/h1-27H. The van der Waals surface area contributed by atoms with Crippen LogP contribution in [-0.4, -0.2) is 14.5 Å². The quantitative estimate of drug-likeness (QED) is 0.183. The van der Waals surface area contributed by atoms with Gasteiger partial charge in [-0.1, -0.05) is 140 Å². The van der Waals surface area contributed by atoms with Crippen LogP contribution in [0.2, 0.25) is 0 Å². The maximum absolute atomic E-state index is 5.57. The Morgan fingerprint density at radius 3 is 1.85 bits per heavy atom. The van der Waals surface area contributed by atoms with Crippen LogP contribution in [0, 0.1) is 0 Å². The van der Waals surface area contributed by atoms with Gasteiger partial charge in [0.05, 0.1) is 26.9 Å². The van der Waals surface area contributed by atoms with Crippen LogP contribution in [0.15, 0.2) is 164 Å². The summed E-state index contributed by atoms with van der Waals surface area (Å²) in [6.07, 6.45) is 0. The van der Waals surface area contributed by atoms with E-state index in [0.717, 1.165) is 37.9 Å². The van der Waals surface area contributed by atoms with Gasteiger partial charge in [0.25, 0.3) is 0 Å². The maximum Gasteiger partial charge on any atom is 0.235 e. The minimum Gasteiger partial charge on any atom is -0.277 e. The molecule has 0 N–H and O–H groups in total. The van der Waals surface area contributed by atoms with Gasteiger partial charge in [-0.2, -0.15) is 0 Å². The summed E-state index contributed by atoms with van der Waals surface area (Å²) in [5, 5.41) is 11.2. The first-order valence-corrected chi connectivity index (χ1v) is 19.5. The zero-order valence-corrected chi connectivity index (χ0v) is 29.9. The van der Waals surface area contributed by atoms with Crippen molar-refractivity contribution >= 4 is 106 Å². The summed E-state index contributed by atoms with van der Waals surface area (Å²) in [5.74, 6) is 0.688. The average Bonchev–Trinajstić information content (AvgIpc) is 3.91. The molecule has 0 aliphatic rings. The SMILES string of the molecule is c1ccc2cc(-c3ccc(-c4nc(-n5c6ccccc6c6c7ccccc7c7sc8ccccc8c7c65)nc5c4sc4ccccc45)cc3)ccc2c1. The Hall–Kier alpha value is -6.40. The molecule has 0 bridgehead atoms. The Kier molecular flexibility index (Phi) is 6.09. The molecule has 12 rings (SSSR count). The Bertz CT molecular complexity index is 3460. The van der Waals surface area contributed by atoms with Gasteiger partial charge in [0.2, 0.25) is 5.95 Å². The van der Waals surface area contributed by atoms with Crippen molar-refractivity contribution in [1.29, 1.82) is 0 Å². The van der Waals surface area contributed by atoms with Crippen LogP contribution in [0.5, 0.6) is 0 Å². The van der Waals surface area contributed by atoms with Crippen molar-refractivity contribution in [2.75, 3.05) is 0 Å². The Morgan fingerprint density at radius 2 is 1.02 bits per heavy atom. The molecule has 4 heterocycles. The lowest BCUT2D eigenvalue weighted by molar-refractivity contribution is 1.02. The normalized spacial score (nSPS) is 12.2. The van der Waals surface area contributed by atoms with E-state index in [2.05, 4.69) is 168 Å². The zero-order chi connectivity index (χ0) is 34.6. The summed E-state index contributed by atoms with van der Waals surface area (Å²) in [4.78, 5) is 11.1. The largest absolute Gasteiger partial charge is 0.277 e. The van der Waals surface area contributed by atoms with Crippen LogP contribution in [-0.2, 0) is 0 Å². The Balaban J connectivity index is 1.18. The molecule has 0 spiro atoms. The van der Waals surface area contributed by atoms with Crippen molar-refractivity contribution in [2.24, 2.45) is 0 Å². The summed E-state index contributed by atoms with van der Waals surface area (Å²) in [6.45, 7) is 0. The number of thiophene rings is 2. The Labute approximate surface area is 311 Å². The fraction of sp³-hybridized carbons (Fsp3) is 0. The first-order valence-electron chi connectivity index (χ1n) is 17.8. The lowest BCUT2D eigenvalue weighted by Crippen LogP contribution is -2.03. The third-order valence-corrected chi connectivity index (χ3v) is 13.2. The number of benzene rings is 8. The molecule has 5 heteroatoms. The zero-order valence-electron chi connectivity index (χ0n) is 28.2. The molecule has 0 amide bonds. The van der Waals surface area contributed by atoms with Gasteiger partial charge < -0.3 is 0 Å². The predicted octanol–water partition coefficient (Wildman–Crippen LogP) is 13.9.